The van der Waals surface area contributed by atoms with Gasteiger partial charge in [-0.15, -0.1) is 11.8 Å². The molecule has 0 radical (unpaired) electrons. The summed E-state index contributed by atoms with van der Waals surface area (Å²) < 4.78 is 0. The Morgan fingerprint density at radius 3 is 2.38 bits per heavy atom. The summed E-state index contributed by atoms with van der Waals surface area (Å²) in [5.74, 6) is 5.43. The number of thioether (sulfide) groups is 1. The van der Waals surface area contributed by atoms with Crippen LogP contribution in [-0.4, -0.2) is 6.26 Å². The Bertz CT molecular complexity index is 242. The van der Waals surface area contributed by atoms with Gasteiger partial charge in [-0.25, -0.2) is 0 Å². The fraction of sp³-hybridized carbons (Fsp3) is 0.400. The van der Waals surface area contributed by atoms with Crippen LogP contribution in [-0.2, 0) is 0 Å². The van der Waals surface area contributed by atoms with E-state index in [9.17, 15) is 0 Å². The van der Waals surface area contributed by atoms with Crippen molar-refractivity contribution in [3.63, 3.8) is 0 Å². The van der Waals surface area contributed by atoms with E-state index in [0.717, 1.165) is 6.42 Å². The molecule has 1 atom stereocenters. The highest BCUT2D eigenvalue weighted by Gasteiger charge is 2.05. The lowest BCUT2D eigenvalue weighted by atomic mass is 10.1. The van der Waals surface area contributed by atoms with Crippen LogP contribution >= 0.6 is 11.8 Å². The van der Waals surface area contributed by atoms with Crippen LogP contribution in [0.15, 0.2) is 29.2 Å². The Hall–Kier alpha value is -0.510. The second kappa shape index (κ2) is 5.27. The molecule has 0 aliphatic heterocycles. The van der Waals surface area contributed by atoms with Gasteiger partial charge in [0.1, 0.15) is 0 Å². The average Bonchev–Trinajstić information content (AvgIpc) is 2.21. The van der Waals surface area contributed by atoms with E-state index in [4.69, 9.17) is 5.84 Å². The number of hydrazine groups is 1. The predicted molar refractivity (Wildman–Crippen MR) is 58.6 cm³/mol. The highest BCUT2D eigenvalue weighted by Crippen LogP contribution is 2.20. The molecule has 1 unspecified atom stereocenters. The summed E-state index contributed by atoms with van der Waals surface area (Å²) in [5, 5.41) is 0. The van der Waals surface area contributed by atoms with E-state index in [-0.39, 0.29) is 6.04 Å². The van der Waals surface area contributed by atoms with Gasteiger partial charge in [-0.1, -0.05) is 19.1 Å². The Labute approximate surface area is 83.9 Å². The SMILES string of the molecule is CCC(NN)c1ccc(SC)cc1. The van der Waals surface area contributed by atoms with Gasteiger partial charge in [0.25, 0.3) is 0 Å². The average molecular weight is 196 g/mol. The van der Waals surface area contributed by atoms with Gasteiger partial charge >= 0.3 is 0 Å². The maximum Gasteiger partial charge on any atom is 0.0457 e. The fourth-order valence-electron chi connectivity index (χ4n) is 1.29. The molecule has 0 bridgehead atoms. The van der Waals surface area contributed by atoms with Gasteiger partial charge in [0.05, 0.1) is 0 Å². The molecule has 0 heterocycles. The maximum atomic E-state index is 5.43. The van der Waals surface area contributed by atoms with Gasteiger partial charge in [-0.05, 0) is 30.4 Å². The minimum Gasteiger partial charge on any atom is -0.271 e. The Morgan fingerprint density at radius 1 is 1.38 bits per heavy atom. The normalized spacial score (nSPS) is 12.8. The first-order valence-electron chi connectivity index (χ1n) is 4.42. The molecule has 0 spiro atoms. The minimum absolute atomic E-state index is 0.274. The zero-order valence-corrected chi connectivity index (χ0v) is 8.90. The molecule has 0 aromatic heterocycles. The highest BCUT2D eigenvalue weighted by molar-refractivity contribution is 7.98. The van der Waals surface area contributed by atoms with E-state index < -0.39 is 0 Å². The number of nitrogens with two attached hydrogens (primary N) is 1. The third kappa shape index (κ3) is 2.72. The molecule has 3 N–H and O–H groups in total. The van der Waals surface area contributed by atoms with E-state index in [1.807, 2.05) is 0 Å². The van der Waals surface area contributed by atoms with Gasteiger partial charge in [0.2, 0.25) is 0 Å². The standard InChI is InChI=1S/C10H16N2S/c1-3-10(12-11)8-4-6-9(13-2)7-5-8/h4-7,10,12H,3,11H2,1-2H3. The van der Waals surface area contributed by atoms with Crippen LogP contribution in [0.25, 0.3) is 0 Å². The zero-order chi connectivity index (χ0) is 9.68. The molecule has 0 aliphatic carbocycles. The smallest absolute Gasteiger partial charge is 0.0457 e. The van der Waals surface area contributed by atoms with Crippen molar-refractivity contribution in [1.29, 1.82) is 0 Å². The van der Waals surface area contributed by atoms with Crippen molar-refractivity contribution >= 4 is 11.8 Å². The van der Waals surface area contributed by atoms with Crippen molar-refractivity contribution in [2.75, 3.05) is 6.26 Å². The molecule has 3 heteroatoms. The van der Waals surface area contributed by atoms with Crippen LogP contribution in [0.2, 0.25) is 0 Å². The predicted octanol–water partition coefficient (Wildman–Crippen LogP) is 2.32. The summed E-state index contributed by atoms with van der Waals surface area (Å²) in [7, 11) is 0. The lowest BCUT2D eigenvalue weighted by molar-refractivity contribution is 0.539. The van der Waals surface area contributed by atoms with Crippen LogP contribution in [0.4, 0.5) is 0 Å². The first-order valence-corrected chi connectivity index (χ1v) is 5.64. The highest BCUT2D eigenvalue weighted by atomic mass is 32.2. The second-order valence-corrected chi connectivity index (χ2v) is 3.78. The van der Waals surface area contributed by atoms with E-state index in [2.05, 4.69) is 42.9 Å². The molecule has 0 fully saturated rings. The molecule has 0 aliphatic rings. The second-order valence-electron chi connectivity index (χ2n) is 2.90. The molecule has 72 valence electrons. The van der Waals surface area contributed by atoms with Gasteiger partial charge < -0.3 is 0 Å². The van der Waals surface area contributed by atoms with Crippen LogP contribution in [0.5, 0.6) is 0 Å². The quantitative estimate of drug-likeness (QED) is 0.441. The van der Waals surface area contributed by atoms with Crippen molar-refractivity contribution in [2.45, 2.75) is 24.3 Å². The van der Waals surface area contributed by atoms with Gasteiger partial charge in [-0.2, -0.15) is 0 Å². The number of hydrogen-bond donors (Lipinski definition) is 2. The van der Waals surface area contributed by atoms with E-state index >= 15 is 0 Å². The van der Waals surface area contributed by atoms with Crippen molar-refractivity contribution in [3.8, 4) is 0 Å². The monoisotopic (exact) mass is 196 g/mol. The fourth-order valence-corrected chi connectivity index (χ4v) is 1.69. The summed E-state index contributed by atoms with van der Waals surface area (Å²) in [6.07, 6.45) is 3.09. The summed E-state index contributed by atoms with van der Waals surface area (Å²) in [4.78, 5) is 1.29. The van der Waals surface area contributed by atoms with Crippen LogP contribution in [0.1, 0.15) is 24.9 Å². The first kappa shape index (κ1) is 10.6. The molecule has 0 amide bonds. The van der Waals surface area contributed by atoms with Crippen LogP contribution in [0, 0.1) is 0 Å². The molecule has 1 aromatic carbocycles. The number of hydrogen-bond acceptors (Lipinski definition) is 3. The number of nitrogens with one attached hydrogen (secondary N) is 1. The van der Waals surface area contributed by atoms with Crippen molar-refractivity contribution in [3.05, 3.63) is 29.8 Å². The first-order chi connectivity index (χ1) is 6.31. The van der Waals surface area contributed by atoms with Crippen molar-refractivity contribution < 1.29 is 0 Å². The summed E-state index contributed by atoms with van der Waals surface area (Å²) in [5.41, 5.74) is 4.05. The van der Waals surface area contributed by atoms with Gasteiger partial charge in [-0.3, -0.25) is 11.3 Å². The Balaban J connectivity index is 2.78. The summed E-state index contributed by atoms with van der Waals surface area (Å²) in [6.45, 7) is 2.12. The Kier molecular flexibility index (Phi) is 4.28. The molecular formula is C10H16N2S. The van der Waals surface area contributed by atoms with E-state index in [1.54, 1.807) is 11.8 Å². The van der Waals surface area contributed by atoms with Crippen molar-refractivity contribution in [2.24, 2.45) is 5.84 Å². The maximum absolute atomic E-state index is 5.43. The van der Waals surface area contributed by atoms with Gasteiger partial charge in [0, 0.05) is 10.9 Å². The molecule has 1 aromatic rings. The summed E-state index contributed by atoms with van der Waals surface area (Å²) >= 11 is 1.75. The molecule has 1 rings (SSSR count). The van der Waals surface area contributed by atoms with E-state index in [1.165, 1.54) is 10.5 Å². The Morgan fingerprint density at radius 2 is 2.00 bits per heavy atom. The third-order valence-electron chi connectivity index (χ3n) is 2.13. The molecule has 0 saturated carbocycles. The lowest BCUT2D eigenvalue weighted by Gasteiger charge is -2.13. The molecule has 2 nitrogen and oxygen atoms in total. The zero-order valence-electron chi connectivity index (χ0n) is 8.08. The van der Waals surface area contributed by atoms with E-state index in [0.29, 0.717) is 0 Å². The van der Waals surface area contributed by atoms with Crippen LogP contribution in [0.3, 0.4) is 0 Å². The molecule has 13 heavy (non-hydrogen) atoms. The van der Waals surface area contributed by atoms with Gasteiger partial charge in [0.15, 0.2) is 0 Å². The lowest BCUT2D eigenvalue weighted by Crippen LogP contribution is -2.27. The van der Waals surface area contributed by atoms with Crippen LogP contribution < -0.4 is 11.3 Å². The number of rotatable bonds is 4. The molecule has 0 saturated heterocycles. The third-order valence-corrected chi connectivity index (χ3v) is 2.87. The molecular weight excluding hydrogens is 180 g/mol. The van der Waals surface area contributed by atoms with Crippen molar-refractivity contribution in [1.82, 2.24) is 5.43 Å². The number of benzene rings is 1. The minimum atomic E-state index is 0.274. The summed E-state index contributed by atoms with van der Waals surface area (Å²) in [6, 6.07) is 8.77. The largest absolute Gasteiger partial charge is 0.271 e. The topological polar surface area (TPSA) is 38.0 Å².